The van der Waals surface area contributed by atoms with E-state index in [0.717, 1.165) is 5.56 Å². The molecule has 0 aliphatic heterocycles. The summed E-state index contributed by atoms with van der Waals surface area (Å²) in [6.45, 7) is 5.41. The molecule has 0 bridgehead atoms. The Labute approximate surface area is 123 Å². The number of amides is 2. The third-order valence-corrected chi connectivity index (χ3v) is 2.23. The smallest absolute Gasteiger partial charge is 0.408 e. The fraction of sp³-hybridized carbons (Fsp3) is 0.429. The van der Waals surface area contributed by atoms with E-state index in [1.165, 1.54) is 0 Å². The number of benzene rings is 1. The molecule has 2 amide bonds. The predicted octanol–water partition coefficient (Wildman–Crippen LogP) is 1.08. The van der Waals surface area contributed by atoms with Crippen molar-refractivity contribution in [3.8, 4) is 5.75 Å². The zero-order chi connectivity index (χ0) is 15.9. The number of hydrogen-bond acceptors (Lipinski definition) is 5. The van der Waals surface area contributed by atoms with Crippen LogP contribution in [0.3, 0.4) is 0 Å². The van der Waals surface area contributed by atoms with E-state index in [0.29, 0.717) is 12.3 Å². The van der Waals surface area contributed by atoms with Crippen LogP contribution in [0.25, 0.3) is 0 Å². The van der Waals surface area contributed by atoms with Crippen molar-refractivity contribution in [1.82, 2.24) is 10.8 Å². The molecule has 7 nitrogen and oxygen atoms in total. The summed E-state index contributed by atoms with van der Waals surface area (Å²) in [5.74, 6) is -0.0263. The molecule has 0 atom stereocenters. The number of hydroxylamine groups is 1. The van der Waals surface area contributed by atoms with Crippen LogP contribution < -0.4 is 21.4 Å². The minimum absolute atomic E-state index is 0.240. The summed E-state index contributed by atoms with van der Waals surface area (Å²) in [7, 11) is 0. The van der Waals surface area contributed by atoms with E-state index < -0.39 is 17.6 Å². The van der Waals surface area contributed by atoms with E-state index in [4.69, 9.17) is 15.3 Å². The summed E-state index contributed by atoms with van der Waals surface area (Å²) in [6, 6.07) is 6.95. The minimum Gasteiger partial charge on any atom is -0.444 e. The van der Waals surface area contributed by atoms with Gasteiger partial charge in [0.25, 0.3) is 5.91 Å². The van der Waals surface area contributed by atoms with Gasteiger partial charge in [-0.05, 0) is 38.5 Å². The van der Waals surface area contributed by atoms with Crippen LogP contribution in [0.5, 0.6) is 5.75 Å². The Morgan fingerprint density at radius 1 is 1.19 bits per heavy atom. The van der Waals surface area contributed by atoms with Gasteiger partial charge in [-0.3, -0.25) is 4.79 Å². The Morgan fingerprint density at radius 2 is 1.81 bits per heavy atom. The molecular formula is C14H21N3O4. The molecule has 0 radical (unpaired) electrons. The van der Waals surface area contributed by atoms with Gasteiger partial charge in [-0.15, -0.1) is 0 Å². The lowest BCUT2D eigenvalue weighted by molar-refractivity contribution is -0.126. The summed E-state index contributed by atoms with van der Waals surface area (Å²) in [5, 5.41) is 2.32. The molecule has 0 unspecified atom stereocenters. The summed E-state index contributed by atoms with van der Waals surface area (Å²) >= 11 is 0. The Hall–Kier alpha value is -2.28. The highest BCUT2D eigenvalue weighted by molar-refractivity contribution is 5.81. The Morgan fingerprint density at radius 3 is 2.33 bits per heavy atom. The van der Waals surface area contributed by atoms with Crippen molar-refractivity contribution in [3.05, 3.63) is 29.8 Å². The van der Waals surface area contributed by atoms with E-state index in [1.807, 2.05) is 0 Å². The molecule has 0 saturated carbocycles. The number of hydrogen-bond donors (Lipinski definition) is 3. The van der Waals surface area contributed by atoms with Gasteiger partial charge in [0.15, 0.2) is 5.75 Å². The average molecular weight is 295 g/mol. The third kappa shape index (κ3) is 7.17. The molecule has 0 aliphatic rings. The highest BCUT2D eigenvalue weighted by atomic mass is 16.7. The molecule has 1 aromatic carbocycles. The molecule has 4 N–H and O–H groups in total. The maximum atomic E-state index is 11.5. The molecular weight excluding hydrogens is 274 g/mol. The van der Waals surface area contributed by atoms with Gasteiger partial charge >= 0.3 is 6.09 Å². The van der Waals surface area contributed by atoms with Crippen molar-refractivity contribution in [2.75, 3.05) is 6.54 Å². The number of nitrogens with one attached hydrogen (secondary N) is 2. The van der Waals surface area contributed by atoms with Gasteiger partial charge < -0.3 is 20.6 Å². The quantitative estimate of drug-likeness (QED) is 0.705. The topological polar surface area (TPSA) is 103 Å². The number of ether oxygens (including phenoxy) is 1. The fourth-order valence-corrected chi connectivity index (χ4v) is 1.31. The van der Waals surface area contributed by atoms with Crippen molar-refractivity contribution in [2.45, 2.75) is 32.9 Å². The largest absolute Gasteiger partial charge is 0.444 e. The van der Waals surface area contributed by atoms with E-state index in [-0.39, 0.29) is 6.54 Å². The standard InChI is InChI=1S/C14H21N3O4/c1-14(2,3)20-13(19)16-9-12(18)17-21-11-6-4-10(8-15)5-7-11/h4-7H,8-9,15H2,1-3H3,(H,16,19)(H,17,18). The van der Waals surface area contributed by atoms with Gasteiger partial charge in [-0.2, -0.15) is 5.48 Å². The number of carbonyl (C=O) groups excluding carboxylic acids is 2. The van der Waals surface area contributed by atoms with E-state index in [2.05, 4.69) is 10.8 Å². The zero-order valence-electron chi connectivity index (χ0n) is 12.4. The van der Waals surface area contributed by atoms with Crippen LogP contribution in [-0.4, -0.2) is 24.1 Å². The molecule has 0 heterocycles. The predicted molar refractivity (Wildman–Crippen MR) is 77.3 cm³/mol. The van der Waals surface area contributed by atoms with Crippen molar-refractivity contribution in [3.63, 3.8) is 0 Å². The van der Waals surface area contributed by atoms with Crippen LogP contribution in [0.2, 0.25) is 0 Å². The van der Waals surface area contributed by atoms with Crippen molar-refractivity contribution in [1.29, 1.82) is 0 Å². The molecule has 0 saturated heterocycles. The lowest BCUT2D eigenvalue weighted by atomic mass is 10.2. The molecule has 0 fully saturated rings. The van der Waals surface area contributed by atoms with Crippen LogP contribution in [0.15, 0.2) is 24.3 Å². The van der Waals surface area contributed by atoms with Gasteiger partial charge in [-0.25, -0.2) is 4.79 Å². The molecule has 1 aromatic rings. The SMILES string of the molecule is CC(C)(C)OC(=O)NCC(=O)NOc1ccc(CN)cc1. The maximum absolute atomic E-state index is 11.5. The minimum atomic E-state index is -0.662. The van der Waals surface area contributed by atoms with Crippen LogP contribution in [0.4, 0.5) is 4.79 Å². The molecule has 0 aromatic heterocycles. The highest BCUT2D eigenvalue weighted by Gasteiger charge is 2.16. The molecule has 0 spiro atoms. The van der Waals surface area contributed by atoms with Crippen LogP contribution in [-0.2, 0) is 16.1 Å². The van der Waals surface area contributed by atoms with Gasteiger partial charge in [0.05, 0.1) is 0 Å². The molecule has 7 heteroatoms. The molecule has 21 heavy (non-hydrogen) atoms. The maximum Gasteiger partial charge on any atom is 0.408 e. The Bertz CT molecular complexity index is 480. The lowest BCUT2D eigenvalue weighted by Crippen LogP contribution is -2.40. The lowest BCUT2D eigenvalue weighted by Gasteiger charge is -2.19. The summed E-state index contributed by atoms with van der Waals surface area (Å²) < 4.78 is 4.99. The summed E-state index contributed by atoms with van der Waals surface area (Å²) in [6.07, 6.45) is -0.662. The van der Waals surface area contributed by atoms with Crippen LogP contribution in [0.1, 0.15) is 26.3 Å². The number of rotatable bonds is 5. The first kappa shape index (κ1) is 16.8. The van der Waals surface area contributed by atoms with Gasteiger partial charge in [0.2, 0.25) is 0 Å². The van der Waals surface area contributed by atoms with Crippen LogP contribution >= 0.6 is 0 Å². The average Bonchev–Trinajstić information content (AvgIpc) is 2.41. The van der Waals surface area contributed by atoms with E-state index in [9.17, 15) is 9.59 Å². The summed E-state index contributed by atoms with van der Waals surface area (Å²) in [4.78, 5) is 27.9. The Balaban J connectivity index is 2.29. The number of nitrogens with two attached hydrogens (primary N) is 1. The van der Waals surface area contributed by atoms with Crippen molar-refractivity contribution >= 4 is 12.0 Å². The van der Waals surface area contributed by atoms with Crippen molar-refractivity contribution in [2.24, 2.45) is 5.73 Å². The molecule has 0 aliphatic carbocycles. The zero-order valence-corrected chi connectivity index (χ0v) is 12.4. The van der Waals surface area contributed by atoms with Gasteiger partial charge in [0.1, 0.15) is 12.1 Å². The third-order valence-electron chi connectivity index (χ3n) is 2.23. The highest BCUT2D eigenvalue weighted by Crippen LogP contribution is 2.10. The second-order valence-electron chi connectivity index (χ2n) is 5.33. The van der Waals surface area contributed by atoms with Gasteiger partial charge in [-0.1, -0.05) is 12.1 Å². The molecule has 116 valence electrons. The van der Waals surface area contributed by atoms with Crippen LogP contribution in [0, 0.1) is 0 Å². The van der Waals surface area contributed by atoms with E-state index >= 15 is 0 Å². The Kier molecular flexibility index (Phi) is 5.98. The van der Waals surface area contributed by atoms with Crippen molar-refractivity contribution < 1.29 is 19.2 Å². The normalized spacial score (nSPS) is 10.7. The second-order valence-corrected chi connectivity index (χ2v) is 5.33. The second kappa shape index (κ2) is 7.49. The first-order chi connectivity index (χ1) is 9.80. The monoisotopic (exact) mass is 295 g/mol. The molecule has 1 rings (SSSR count). The first-order valence-electron chi connectivity index (χ1n) is 6.52. The first-order valence-corrected chi connectivity index (χ1v) is 6.52. The number of carbonyl (C=O) groups is 2. The fourth-order valence-electron chi connectivity index (χ4n) is 1.31. The van der Waals surface area contributed by atoms with Gasteiger partial charge in [0, 0.05) is 6.54 Å². The summed E-state index contributed by atoms with van der Waals surface area (Å²) in [5.41, 5.74) is 8.03. The van der Waals surface area contributed by atoms with E-state index in [1.54, 1.807) is 45.0 Å². The number of alkyl carbamates (subject to hydrolysis) is 1.